The van der Waals surface area contributed by atoms with Crippen LogP contribution in [0.15, 0.2) is 30.7 Å². The van der Waals surface area contributed by atoms with Gasteiger partial charge in [-0.2, -0.15) is 0 Å². The van der Waals surface area contributed by atoms with Crippen molar-refractivity contribution < 1.29 is 0 Å². The maximum Gasteiger partial charge on any atom is 0.159 e. The molecule has 0 saturated heterocycles. The summed E-state index contributed by atoms with van der Waals surface area (Å²) in [6.07, 6.45) is 3.58. The first-order valence-electron chi connectivity index (χ1n) is 5.35. The molecular formula is C12H13N5. The minimum Gasteiger partial charge on any atom is -0.399 e. The zero-order valence-corrected chi connectivity index (χ0v) is 9.75. The molecule has 17 heavy (non-hydrogen) atoms. The Hall–Kier alpha value is -2.30. The van der Waals surface area contributed by atoms with E-state index in [1.54, 1.807) is 6.33 Å². The smallest absolute Gasteiger partial charge is 0.159 e. The number of hydrogen-bond donors (Lipinski definition) is 1. The lowest BCUT2D eigenvalue weighted by Crippen LogP contribution is -1.97. The molecule has 0 aliphatic rings. The van der Waals surface area contributed by atoms with E-state index in [0.717, 1.165) is 28.2 Å². The van der Waals surface area contributed by atoms with Crippen LogP contribution in [0.5, 0.6) is 0 Å². The van der Waals surface area contributed by atoms with Crippen molar-refractivity contribution in [1.82, 2.24) is 19.1 Å². The topological polar surface area (TPSA) is 61.7 Å². The van der Waals surface area contributed by atoms with Crippen molar-refractivity contribution in [1.29, 1.82) is 0 Å². The predicted octanol–water partition coefficient (Wildman–Crippen LogP) is 1.56. The zero-order valence-electron chi connectivity index (χ0n) is 9.75. The van der Waals surface area contributed by atoms with Crippen molar-refractivity contribution in [2.75, 3.05) is 5.73 Å². The number of anilines is 1. The van der Waals surface area contributed by atoms with Gasteiger partial charge >= 0.3 is 0 Å². The third-order valence-electron chi connectivity index (χ3n) is 2.95. The third kappa shape index (κ3) is 1.39. The van der Waals surface area contributed by atoms with Crippen molar-refractivity contribution in [3.05, 3.63) is 30.7 Å². The summed E-state index contributed by atoms with van der Waals surface area (Å²) in [6, 6.07) is 5.73. The van der Waals surface area contributed by atoms with Crippen LogP contribution in [0.3, 0.4) is 0 Å². The summed E-state index contributed by atoms with van der Waals surface area (Å²) in [7, 11) is 3.94. The molecule has 0 radical (unpaired) electrons. The molecule has 0 spiro atoms. The molecule has 0 amide bonds. The van der Waals surface area contributed by atoms with Gasteiger partial charge in [-0.15, -0.1) is 0 Å². The van der Waals surface area contributed by atoms with Gasteiger partial charge in [0.15, 0.2) is 5.82 Å². The summed E-state index contributed by atoms with van der Waals surface area (Å²) in [4.78, 5) is 8.72. The molecule has 0 saturated carbocycles. The van der Waals surface area contributed by atoms with Crippen LogP contribution in [0.1, 0.15) is 0 Å². The number of aryl methyl sites for hydroxylation is 2. The zero-order chi connectivity index (χ0) is 12.0. The molecule has 0 unspecified atom stereocenters. The average Bonchev–Trinajstić information content (AvgIpc) is 2.84. The third-order valence-corrected chi connectivity index (χ3v) is 2.95. The van der Waals surface area contributed by atoms with E-state index in [1.165, 1.54) is 0 Å². The van der Waals surface area contributed by atoms with Crippen molar-refractivity contribution in [2.45, 2.75) is 0 Å². The molecule has 5 nitrogen and oxygen atoms in total. The molecule has 0 atom stereocenters. The Labute approximate surface area is 98.5 Å². The fourth-order valence-corrected chi connectivity index (χ4v) is 2.01. The number of hydrogen-bond acceptors (Lipinski definition) is 3. The first-order valence-corrected chi connectivity index (χ1v) is 5.35. The molecule has 86 valence electrons. The van der Waals surface area contributed by atoms with Crippen molar-refractivity contribution in [3.63, 3.8) is 0 Å². The average molecular weight is 227 g/mol. The van der Waals surface area contributed by atoms with Gasteiger partial charge in [-0.3, -0.25) is 0 Å². The second-order valence-corrected chi connectivity index (χ2v) is 4.13. The van der Waals surface area contributed by atoms with Crippen molar-refractivity contribution >= 4 is 16.7 Å². The highest BCUT2D eigenvalue weighted by Crippen LogP contribution is 2.24. The monoisotopic (exact) mass is 227 g/mol. The molecule has 2 N–H and O–H groups in total. The van der Waals surface area contributed by atoms with Crippen LogP contribution in [-0.4, -0.2) is 19.1 Å². The summed E-state index contributed by atoms with van der Waals surface area (Å²) in [5.41, 5.74) is 9.50. The highest BCUT2D eigenvalue weighted by Gasteiger charge is 2.12. The Kier molecular flexibility index (Phi) is 1.95. The fraction of sp³-hybridized carbons (Fsp3) is 0.167. The van der Waals surface area contributed by atoms with Gasteiger partial charge in [-0.1, -0.05) is 0 Å². The van der Waals surface area contributed by atoms with Gasteiger partial charge in [0.05, 0.1) is 23.6 Å². The second kappa shape index (κ2) is 3.35. The molecule has 0 aliphatic heterocycles. The number of aromatic nitrogens is 4. The highest BCUT2D eigenvalue weighted by atomic mass is 15.1. The van der Waals surface area contributed by atoms with E-state index in [1.807, 2.05) is 47.6 Å². The Bertz CT molecular complexity index is 692. The van der Waals surface area contributed by atoms with E-state index >= 15 is 0 Å². The van der Waals surface area contributed by atoms with Crippen LogP contribution in [0, 0.1) is 0 Å². The van der Waals surface area contributed by atoms with Gasteiger partial charge in [0.25, 0.3) is 0 Å². The van der Waals surface area contributed by atoms with Gasteiger partial charge in [-0.25, -0.2) is 9.97 Å². The van der Waals surface area contributed by atoms with E-state index in [2.05, 4.69) is 9.97 Å². The normalized spacial score (nSPS) is 11.2. The molecule has 3 aromatic rings. The first-order chi connectivity index (χ1) is 8.16. The Balaban J connectivity index is 2.32. The maximum absolute atomic E-state index is 5.79. The molecule has 3 rings (SSSR count). The molecular weight excluding hydrogens is 214 g/mol. The quantitative estimate of drug-likeness (QED) is 0.642. The minimum atomic E-state index is 0.747. The number of rotatable bonds is 1. The lowest BCUT2D eigenvalue weighted by atomic mass is 10.3. The van der Waals surface area contributed by atoms with E-state index in [-0.39, 0.29) is 0 Å². The van der Waals surface area contributed by atoms with Crippen LogP contribution in [0.4, 0.5) is 5.69 Å². The van der Waals surface area contributed by atoms with E-state index in [0.29, 0.717) is 0 Å². The lowest BCUT2D eigenvalue weighted by molar-refractivity contribution is 0.881. The van der Waals surface area contributed by atoms with Crippen molar-refractivity contribution in [3.8, 4) is 11.5 Å². The molecule has 0 bridgehead atoms. The van der Waals surface area contributed by atoms with Gasteiger partial charge in [0, 0.05) is 19.8 Å². The van der Waals surface area contributed by atoms with Crippen molar-refractivity contribution in [2.24, 2.45) is 14.1 Å². The summed E-state index contributed by atoms with van der Waals surface area (Å²) < 4.78 is 3.98. The molecule has 5 heteroatoms. The summed E-state index contributed by atoms with van der Waals surface area (Å²) >= 11 is 0. The van der Waals surface area contributed by atoms with Gasteiger partial charge in [-0.05, 0) is 18.2 Å². The van der Waals surface area contributed by atoms with Gasteiger partial charge < -0.3 is 14.9 Å². The first kappa shape index (κ1) is 9.89. The number of nitrogens with two attached hydrogens (primary N) is 1. The van der Waals surface area contributed by atoms with E-state index in [9.17, 15) is 0 Å². The molecule has 1 aromatic carbocycles. The summed E-state index contributed by atoms with van der Waals surface area (Å²) in [5, 5.41) is 0. The fourth-order valence-electron chi connectivity index (χ4n) is 2.01. The van der Waals surface area contributed by atoms with E-state index in [4.69, 9.17) is 5.73 Å². The standard InChI is InChI=1S/C12H13N5/c1-16-7-14-6-11(16)12-15-9-4-3-8(13)5-10(9)17(12)2/h3-7H,13H2,1-2H3. The van der Waals surface area contributed by atoms with Gasteiger partial charge in [0.1, 0.15) is 5.69 Å². The van der Waals surface area contributed by atoms with Crippen LogP contribution in [0.25, 0.3) is 22.6 Å². The molecule has 0 aliphatic carbocycles. The number of imidazole rings is 2. The number of fused-ring (bicyclic) bond motifs is 1. The summed E-state index contributed by atoms with van der Waals surface area (Å²) in [6.45, 7) is 0. The molecule has 0 fully saturated rings. The minimum absolute atomic E-state index is 0.747. The van der Waals surface area contributed by atoms with Crippen LogP contribution >= 0.6 is 0 Å². The predicted molar refractivity (Wildman–Crippen MR) is 67.3 cm³/mol. The van der Waals surface area contributed by atoms with E-state index < -0.39 is 0 Å². The Morgan fingerprint density at radius 1 is 1.24 bits per heavy atom. The lowest BCUT2D eigenvalue weighted by Gasteiger charge is -2.02. The molecule has 2 heterocycles. The van der Waals surface area contributed by atoms with Crippen LogP contribution in [0.2, 0.25) is 0 Å². The Morgan fingerprint density at radius 2 is 2.06 bits per heavy atom. The number of benzene rings is 1. The van der Waals surface area contributed by atoms with Gasteiger partial charge in [0.2, 0.25) is 0 Å². The molecule has 2 aromatic heterocycles. The highest BCUT2D eigenvalue weighted by molar-refractivity contribution is 5.82. The number of nitrogens with zero attached hydrogens (tertiary/aromatic N) is 4. The maximum atomic E-state index is 5.79. The summed E-state index contributed by atoms with van der Waals surface area (Å²) in [5.74, 6) is 0.894. The van der Waals surface area contributed by atoms with Crippen LogP contribution < -0.4 is 5.73 Å². The Morgan fingerprint density at radius 3 is 2.76 bits per heavy atom. The largest absolute Gasteiger partial charge is 0.399 e. The SMILES string of the molecule is Cn1cncc1-c1nc2ccc(N)cc2n1C. The second-order valence-electron chi connectivity index (χ2n) is 4.13. The number of nitrogen functional groups attached to an aromatic ring is 1. The van der Waals surface area contributed by atoms with Crippen LogP contribution in [-0.2, 0) is 14.1 Å².